The van der Waals surface area contributed by atoms with Gasteiger partial charge in [-0.2, -0.15) is 5.26 Å². The van der Waals surface area contributed by atoms with Gasteiger partial charge in [-0.3, -0.25) is 0 Å². The number of aryl methyl sites for hydroxylation is 1. The van der Waals surface area contributed by atoms with Gasteiger partial charge >= 0.3 is 0 Å². The lowest BCUT2D eigenvalue weighted by Crippen LogP contribution is -2.45. The minimum absolute atomic E-state index is 0.576. The van der Waals surface area contributed by atoms with Crippen molar-refractivity contribution in [2.24, 2.45) is 0 Å². The molecule has 0 aliphatic carbocycles. The molecular weight excluding hydrogens is 224 g/mol. The second-order valence-electron chi connectivity index (χ2n) is 5.17. The van der Waals surface area contributed by atoms with Crippen molar-refractivity contribution >= 4 is 5.82 Å². The molecule has 0 aromatic carbocycles. The first-order chi connectivity index (χ1) is 8.60. The van der Waals surface area contributed by atoms with Crippen LogP contribution in [0, 0.1) is 18.3 Å². The molecule has 1 aromatic rings. The summed E-state index contributed by atoms with van der Waals surface area (Å²) in [6.45, 7) is 3.97. The Labute approximate surface area is 109 Å². The third kappa shape index (κ3) is 2.80. The van der Waals surface area contributed by atoms with Crippen LogP contribution in [0.5, 0.6) is 0 Å². The number of aromatic nitrogens is 1. The monoisotopic (exact) mass is 244 g/mol. The van der Waals surface area contributed by atoms with Crippen molar-refractivity contribution in [2.75, 3.05) is 32.1 Å². The van der Waals surface area contributed by atoms with Crippen molar-refractivity contribution in [3.8, 4) is 6.07 Å². The van der Waals surface area contributed by atoms with Gasteiger partial charge in [0.05, 0.1) is 11.6 Å². The fourth-order valence-electron chi connectivity index (χ4n) is 2.46. The van der Waals surface area contributed by atoms with Gasteiger partial charge in [-0.1, -0.05) is 0 Å². The van der Waals surface area contributed by atoms with Crippen LogP contribution < -0.4 is 4.90 Å². The van der Waals surface area contributed by atoms with E-state index in [4.69, 9.17) is 5.26 Å². The lowest BCUT2D eigenvalue weighted by molar-refractivity contribution is 0.257. The largest absolute Gasteiger partial charge is 0.355 e. The van der Waals surface area contributed by atoms with Crippen LogP contribution in [0.2, 0.25) is 0 Å². The average molecular weight is 244 g/mol. The topological polar surface area (TPSA) is 43.2 Å². The summed E-state index contributed by atoms with van der Waals surface area (Å²) in [6.07, 6.45) is 2.42. The van der Waals surface area contributed by atoms with E-state index in [-0.39, 0.29) is 0 Å². The van der Waals surface area contributed by atoms with Gasteiger partial charge in [0, 0.05) is 24.8 Å². The van der Waals surface area contributed by atoms with Crippen LogP contribution in [0.3, 0.4) is 0 Å². The molecule has 96 valence electrons. The fourth-order valence-corrected chi connectivity index (χ4v) is 2.46. The molecule has 2 rings (SSSR count). The fraction of sp³-hybridized carbons (Fsp3) is 0.571. The summed E-state index contributed by atoms with van der Waals surface area (Å²) in [7, 11) is 4.25. The quantitative estimate of drug-likeness (QED) is 0.795. The molecule has 0 radical (unpaired) electrons. The third-order valence-corrected chi connectivity index (χ3v) is 3.52. The second-order valence-corrected chi connectivity index (χ2v) is 5.17. The highest BCUT2D eigenvalue weighted by Gasteiger charge is 2.22. The molecule has 0 amide bonds. The Morgan fingerprint density at radius 3 is 2.89 bits per heavy atom. The summed E-state index contributed by atoms with van der Waals surface area (Å²) >= 11 is 0. The molecule has 0 spiro atoms. The molecule has 1 aliphatic rings. The smallest absolute Gasteiger partial charge is 0.130 e. The number of rotatable bonds is 2. The molecule has 1 fully saturated rings. The van der Waals surface area contributed by atoms with Crippen molar-refractivity contribution < 1.29 is 0 Å². The van der Waals surface area contributed by atoms with Crippen molar-refractivity contribution in [3.63, 3.8) is 0 Å². The minimum Gasteiger partial charge on any atom is -0.355 e. The van der Waals surface area contributed by atoms with Crippen LogP contribution in [0.25, 0.3) is 0 Å². The van der Waals surface area contributed by atoms with Gasteiger partial charge in [-0.15, -0.1) is 0 Å². The zero-order chi connectivity index (χ0) is 13.1. The second kappa shape index (κ2) is 5.36. The van der Waals surface area contributed by atoms with E-state index >= 15 is 0 Å². The van der Waals surface area contributed by atoms with Gasteiger partial charge in [0.25, 0.3) is 0 Å². The summed E-state index contributed by atoms with van der Waals surface area (Å²) in [6, 6.07) is 6.50. The number of pyridine rings is 1. The Bertz CT molecular complexity index is 461. The van der Waals surface area contributed by atoms with Gasteiger partial charge in [-0.25, -0.2) is 4.98 Å². The predicted octanol–water partition coefficient (Wildman–Crippen LogP) is 1.79. The van der Waals surface area contributed by atoms with E-state index < -0.39 is 0 Å². The molecule has 1 saturated heterocycles. The highest BCUT2D eigenvalue weighted by atomic mass is 15.2. The zero-order valence-electron chi connectivity index (χ0n) is 11.3. The first-order valence-electron chi connectivity index (χ1n) is 6.40. The standard InChI is InChI=1S/C14H20N4/c1-11-7-12(9-15)8-14(16-11)18-6-4-5-13(10-18)17(2)3/h7-8,13H,4-6,10H2,1-3H3. The predicted molar refractivity (Wildman–Crippen MR) is 72.6 cm³/mol. The van der Waals surface area contributed by atoms with Crippen molar-refractivity contribution in [3.05, 3.63) is 23.4 Å². The molecule has 18 heavy (non-hydrogen) atoms. The molecular formula is C14H20N4. The van der Waals surface area contributed by atoms with Crippen LogP contribution in [0.1, 0.15) is 24.1 Å². The average Bonchev–Trinajstić information content (AvgIpc) is 2.38. The maximum absolute atomic E-state index is 9.02. The normalized spacial score (nSPS) is 19.9. The molecule has 4 heteroatoms. The Morgan fingerprint density at radius 2 is 2.22 bits per heavy atom. The lowest BCUT2D eigenvalue weighted by atomic mass is 10.0. The van der Waals surface area contributed by atoms with Crippen LogP contribution in [-0.2, 0) is 0 Å². The highest BCUT2D eigenvalue weighted by molar-refractivity contribution is 5.47. The van der Waals surface area contributed by atoms with E-state index in [0.717, 1.165) is 24.6 Å². The van der Waals surface area contributed by atoms with Crippen LogP contribution in [-0.4, -0.2) is 43.1 Å². The molecule has 1 aromatic heterocycles. The van der Waals surface area contributed by atoms with E-state index in [1.165, 1.54) is 12.8 Å². The Hall–Kier alpha value is -1.60. The number of likely N-dealkylation sites (N-methyl/N-ethyl adjacent to an activating group) is 1. The number of anilines is 1. The molecule has 0 N–H and O–H groups in total. The summed E-state index contributed by atoms with van der Waals surface area (Å²) in [4.78, 5) is 9.12. The Balaban J connectivity index is 2.21. The summed E-state index contributed by atoms with van der Waals surface area (Å²) in [5.74, 6) is 0.943. The Morgan fingerprint density at radius 1 is 1.44 bits per heavy atom. The first kappa shape index (κ1) is 12.8. The Kier molecular flexibility index (Phi) is 3.83. The summed E-state index contributed by atoms with van der Waals surface area (Å²) in [5.41, 5.74) is 1.61. The van der Waals surface area contributed by atoms with Crippen molar-refractivity contribution in [1.29, 1.82) is 5.26 Å². The zero-order valence-corrected chi connectivity index (χ0v) is 11.3. The van der Waals surface area contributed by atoms with Crippen LogP contribution >= 0.6 is 0 Å². The van der Waals surface area contributed by atoms with Gasteiger partial charge in [0.2, 0.25) is 0 Å². The third-order valence-electron chi connectivity index (χ3n) is 3.52. The van der Waals surface area contributed by atoms with Gasteiger partial charge in [0.15, 0.2) is 0 Å². The first-order valence-corrected chi connectivity index (χ1v) is 6.40. The maximum Gasteiger partial charge on any atom is 0.130 e. The minimum atomic E-state index is 0.576. The van der Waals surface area contributed by atoms with E-state index in [2.05, 4.69) is 34.9 Å². The molecule has 0 saturated carbocycles. The van der Waals surface area contributed by atoms with Crippen LogP contribution in [0.15, 0.2) is 12.1 Å². The van der Waals surface area contributed by atoms with E-state index in [1.54, 1.807) is 0 Å². The molecule has 1 unspecified atom stereocenters. The molecule has 1 aliphatic heterocycles. The molecule has 2 heterocycles. The number of hydrogen-bond acceptors (Lipinski definition) is 4. The summed E-state index contributed by atoms with van der Waals surface area (Å²) < 4.78 is 0. The van der Waals surface area contributed by atoms with Gasteiger partial charge in [-0.05, 0) is 46.0 Å². The molecule has 0 bridgehead atoms. The molecule has 1 atom stereocenters. The van der Waals surface area contributed by atoms with E-state index in [9.17, 15) is 0 Å². The number of nitrogens with zero attached hydrogens (tertiary/aromatic N) is 4. The van der Waals surface area contributed by atoms with Crippen molar-refractivity contribution in [1.82, 2.24) is 9.88 Å². The number of nitriles is 1. The van der Waals surface area contributed by atoms with Gasteiger partial charge in [0.1, 0.15) is 5.82 Å². The maximum atomic E-state index is 9.02. The van der Waals surface area contributed by atoms with E-state index in [1.807, 2.05) is 19.1 Å². The SMILES string of the molecule is Cc1cc(C#N)cc(N2CCCC(N(C)C)C2)n1. The van der Waals surface area contributed by atoms with E-state index in [0.29, 0.717) is 11.6 Å². The van der Waals surface area contributed by atoms with Crippen molar-refractivity contribution in [2.45, 2.75) is 25.8 Å². The summed E-state index contributed by atoms with van der Waals surface area (Å²) in [5, 5.41) is 9.02. The lowest BCUT2D eigenvalue weighted by Gasteiger charge is -2.36. The highest BCUT2D eigenvalue weighted by Crippen LogP contribution is 2.21. The number of piperidine rings is 1. The molecule has 4 nitrogen and oxygen atoms in total. The number of hydrogen-bond donors (Lipinski definition) is 0. The van der Waals surface area contributed by atoms with Crippen LogP contribution in [0.4, 0.5) is 5.82 Å². The van der Waals surface area contributed by atoms with Gasteiger partial charge < -0.3 is 9.80 Å².